The molecule has 4 aromatic rings. The molecule has 180 valence electrons. The second-order valence-electron chi connectivity index (χ2n) is 8.56. The first kappa shape index (κ1) is 23.1. The summed E-state index contributed by atoms with van der Waals surface area (Å²) in [5, 5.41) is 14.8. The molecule has 2 N–H and O–H groups in total. The van der Waals surface area contributed by atoms with Crippen LogP contribution in [0.5, 0.6) is 0 Å². The number of carbonyl (C=O) groups excluding carboxylic acids is 2. The van der Waals surface area contributed by atoms with Gasteiger partial charge in [-0.15, -0.1) is 0 Å². The van der Waals surface area contributed by atoms with E-state index in [1.807, 2.05) is 48.5 Å². The first-order chi connectivity index (χ1) is 17.6. The molecule has 0 saturated carbocycles. The first-order valence-corrected chi connectivity index (χ1v) is 11.8. The zero-order valence-corrected chi connectivity index (χ0v) is 19.6. The highest BCUT2D eigenvalue weighted by molar-refractivity contribution is 6.10. The predicted molar refractivity (Wildman–Crippen MR) is 139 cm³/mol. The van der Waals surface area contributed by atoms with Gasteiger partial charge in [-0.3, -0.25) is 9.59 Å². The number of hydrogen-bond acceptors (Lipinski definition) is 5. The Labute approximate surface area is 208 Å². The number of carbonyl (C=O) groups is 2. The summed E-state index contributed by atoms with van der Waals surface area (Å²) in [7, 11) is 0. The van der Waals surface area contributed by atoms with Crippen molar-refractivity contribution in [3.05, 3.63) is 108 Å². The molecule has 0 bridgehead atoms. The largest absolute Gasteiger partial charge is 0.458 e. The van der Waals surface area contributed by atoms with Crippen LogP contribution in [0.3, 0.4) is 0 Å². The quantitative estimate of drug-likeness (QED) is 0.209. The van der Waals surface area contributed by atoms with Gasteiger partial charge < -0.3 is 19.8 Å². The summed E-state index contributed by atoms with van der Waals surface area (Å²) in [6.07, 6.45) is 3.68. The van der Waals surface area contributed by atoms with E-state index in [1.165, 1.54) is 6.21 Å². The maximum Gasteiger partial charge on any atom is 0.258 e. The van der Waals surface area contributed by atoms with E-state index in [2.05, 4.69) is 10.5 Å². The molecular formula is C29H25N3O4. The van der Waals surface area contributed by atoms with Crippen LogP contribution in [0, 0.1) is 0 Å². The van der Waals surface area contributed by atoms with E-state index in [0.717, 1.165) is 24.0 Å². The van der Waals surface area contributed by atoms with Crippen LogP contribution in [0.15, 0.2) is 94.5 Å². The Bertz CT molecular complexity index is 1410. The number of furan rings is 1. The number of nitrogens with one attached hydrogen (secondary N) is 1. The van der Waals surface area contributed by atoms with Gasteiger partial charge in [0.15, 0.2) is 5.76 Å². The molecule has 5 rings (SSSR count). The molecule has 36 heavy (non-hydrogen) atoms. The van der Waals surface area contributed by atoms with Crippen LogP contribution in [-0.4, -0.2) is 29.8 Å². The Morgan fingerprint density at radius 1 is 0.944 bits per heavy atom. The molecular weight excluding hydrogens is 454 g/mol. The van der Waals surface area contributed by atoms with Crippen molar-refractivity contribution in [3.63, 3.8) is 0 Å². The minimum atomic E-state index is -0.220. The summed E-state index contributed by atoms with van der Waals surface area (Å²) in [5.41, 5.74) is 4.19. The highest BCUT2D eigenvalue weighted by Gasteiger charge is 2.26. The van der Waals surface area contributed by atoms with Crippen molar-refractivity contribution in [1.82, 2.24) is 0 Å². The first-order valence-electron chi connectivity index (χ1n) is 11.8. The van der Waals surface area contributed by atoms with E-state index in [0.29, 0.717) is 47.0 Å². The fourth-order valence-electron chi connectivity index (χ4n) is 4.46. The Morgan fingerprint density at radius 3 is 2.47 bits per heavy atom. The van der Waals surface area contributed by atoms with E-state index in [9.17, 15) is 9.59 Å². The van der Waals surface area contributed by atoms with Gasteiger partial charge in [-0.2, -0.15) is 0 Å². The van der Waals surface area contributed by atoms with Gasteiger partial charge in [-0.1, -0.05) is 53.7 Å². The van der Waals surface area contributed by atoms with Gasteiger partial charge in [0, 0.05) is 35.8 Å². The Hall–Kier alpha value is -4.65. The highest BCUT2D eigenvalue weighted by atomic mass is 16.4. The topological polar surface area (TPSA) is 95.1 Å². The zero-order valence-electron chi connectivity index (χ0n) is 19.6. The number of hydrogen-bond donors (Lipinski definition) is 2. The monoisotopic (exact) mass is 479 g/mol. The fourth-order valence-corrected chi connectivity index (χ4v) is 4.46. The number of amides is 2. The number of oxime groups is 1. The van der Waals surface area contributed by atoms with Crippen molar-refractivity contribution < 1.29 is 19.2 Å². The standard InChI is InChI=1S/C29H25N3O4/c33-28(25-11-5-4-10-24(25)20-8-2-1-3-9-20)31-22-15-13-21(14-16-22)29(34)32-17-7-6-12-27-26(32)18-23(36-27)19-30-35/h1-5,8-11,13-16,18-19,35H,6-7,12,17H2,(H,31,33). The van der Waals surface area contributed by atoms with E-state index >= 15 is 0 Å². The molecule has 2 amide bonds. The van der Waals surface area contributed by atoms with Crippen molar-refractivity contribution in [1.29, 1.82) is 0 Å². The van der Waals surface area contributed by atoms with Crippen LogP contribution < -0.4 is 10.2 Å². The molecule has 0 saturated heterocycles. The maximum absolute atomic E-state index is 13.4. The summed E-state index contributed by atoms with van der Waals surface area (Å²) >= 11 is 0. The SMILES string of the molecule is O=C(Nc1ccc(C(=O)N2CCCCc3oc(C=NO)cc32)cc1)c1ccccc1-c1ccccc1. The summed E-state index contributed by atoms with van der Waals surface area (Å²) in [4.78, 5) is 28.1. The molecule has 0 atom stereocenters. The lowest BCUT2D eigenvalue weighted by Gasteiger charge is -2.20. The van der Waals surface area contributed by atoms with E-state index < -0.39 is 0 Å². The van der Waals surface area contributed by atoms with Crippen molar-refractivity contribution >= 4 is 29.4 Å². The molecule has 2 heterocycles. The fraction of sp³-hybridized carbons (Fsp3) is 0.138. The van der Waals surface area contributed by atoms with Gasteiger partial charge in [0.05, 0.1) is 5.69 Å². The minimum Gasteiger partial charge on any atom is -0.458 e. The Kier molecular flexibility index (Phi) is 6.62. The van der Waals surface area contributed by atoms with Crippen molar-refractivity contribution in [2.75, 3.05) is 16.8 Å². The Balaban J connectivity index is 1.34. The van der Waals surface area contributed by atoms with Crippen LogP contribution in [0.25, 0.3) is 11.1 Å². The average molecular weight is 480 g/mol. The van der Waals surface area contributed by atoms with Crippen LogP contribution in [0.2, 0.25) is 0 Å². The van der Waals surface area contributed by atoms with E-state index in [1.54, 1.807) is 41.3 Å². The van der Waals surface area contributed by atoms with E-state index in [-0.39, 0.29) is 11.8 Å². The molecule has 7 heteroatoms. The lowest BCUT2D eigenvalue weighted by molar-refractivity contribution is 0.0985. The zero-order chi connectivity index (χ0) is 24.9. The molecule has 1 aliphatic rings. The normalized spacial score (nSPS) is 13.3. The molecule has 0 fully saturated rings. The number of rotatable bonds is 5. The Morgan fingerprint density at radius 2 is 1.69 bits per heavy atom. The molecule has 0 spiro atoms. The number of nitrogens with zero attached hydrogens (tertiary/aromatic N) is 2. The molecule has 3 aromatic carbocycles. The molecule has 1 aromatic heterocycles. The summed E-state index contributed by atoms with van der Waals surface area (Å²) in [6.45, 7) is 0.565. The summed E-state index contributed by atoms with van der Waals surface area (Å²) in [5.74, 6) is 0.730. The lowest BCUT2D eigenvalue weighted by Crippen LogP contribution is -2.31. The minimum absolute atomic E-state index is 0.154. The van der Waals surface area contributed by atoms with Crippen LogP contribution in [0.1, 0.15) is 45.1 Å². The van der Waals surface area contributed by atoms with Gasteiger partial charge in [-0.05, 0) is 54.3 Å². The molecule has 7 nitrogen and oxygen atoms in total. The molecule has 0 aliphatic carbocycles. The highest BCUT2D eigenvalue weighted by Crippen LogP contribution is 2.31. The molecule has 1 aliphatic heterocycles. The van der Waals surface area contributed by atoms with Gasteiger partial charge in [0.25, 0.3) is 11.8 Å². The van der Waals surface area contributed by atoms with Gasteiger partial charge in [0.1, 0.15) is 12.0 Å². The number of benzene rings is 3. The second kappa shape index (κ2) is 10.3. The average Bonchev–Trinajstić information content (AvgIpc) is 3.21. The maximum atomic E-state index is 13.4. The lowest BCUT2D eigenvalue weighted by atomic mass is 9.99. The van der Waals surface area contributed by atoms with Crippen LogP contribution >= 0.6 is 0 Å². The van der Waals surface area contributed by atoms with E-state index in [4.69, 9.17) is 9.62 Å². The number of fused-ring (bicyclic) bond motifs is 1. The summed E-state index contributed by atoms with van der Waals surface area (Å²) in [6, 6.07) is 25.8. The smallest absolute Gasteiger partial charge is 0.258 e. The number of aryl methyl sites for hydroxylation is 1. The third kappa shape index (κ3) is 4.77. The third-order valence-corrected chi connectivity index (χ3v) is 6.21. The van der Waals surface area contributed by atoms with Gasteiger partial charge in [-0.25, -0.2) is 0 Å². The van der Waals surface area contributed by atoms with Crippen LogP contribution in [0.4, 0.5) is 11.4 Å². The summed E-state index contributed by atoms with van der Waals surface area (Å²) < 4.78 is 5.74. The van der Waals surface area contributed by atoms with Crippen molar-refractivity contribution in [2.45, 2.75) is 19.3 Å². The molecule has 0 radical (unpaired) electrons. The van der Waals surface area contributed by atoms with Gasteiger partial charge >= 0.3 is 0 Å². The predicted octanol–water partition coefficient (Wildman–Crippen LogP) is 5.99. The molecule has 0 unspecified atom stereocenters. The third-order valence-electron chi connectivity index (χ3n) is 6.21. The van der Waals surface area contributed by atoms with Crippen molar-refractivity contribution in [2.24, 2.45) is 5.16 Å². The second-order valence-corrected chi connectivity index (χ2v) is 8.56. The van der Waals surface area contributed by atoms with Crippen LogP contribution in [-0.2, 0) is 6.42 Å². The van der Waals surface area contributed by atoms with Gasteiger partial charge in [0.2, 0.25) is 0 Å². The van der Waals surface area contributed by atoms with Crippen molar-refractivity contribution in [3.8, 4) is 11.1 Å². The number of anilines is 2.